The Morgan fingerprint density at radius 3 is 2.88 bits per heavy atom. The zero-order valence-electron chi connectivity index (χ0n) is 3.91. The number of nitrogens with zero attached hydrogens (tertiary/aromatic N) is 2. The van der Waals surface area contributed by atoms with Gasteiger partial charge in [-0.05, 0) is 6.07 Å². The van der Waals surface area contributed by atoms with Gasteiger partial charge in [-0.25, -0.2) is 0 Å². The van der Waals surface area contributed by atoms with Crippen molar-refractivity contribution >= 4 is 0 Å². The van der Waals surface area contributed by atoms with Crippen LogP contribution in [0.5, 0.6) is 0 Å². The van der Waals surface area contributed by atoms with E-state index < -0.39 is 5.56 Å². The predicted molar refractivity (Wildman–Crippen MR) is 25.0 cm³/mol. The first-order valence-electron chi connectivity index (χ1n) is 2.01. The van der Waals surface area contributed by atoms with Crippen molar-refractivity contribution in [1.29, 1.82) is 0 Å². The minimum Gasteiger partial charge on any atom is -0.265 e. The largest absolute Gasteiger partial charge is 0.297 e. The summed E-state index contributed by atoms with van der Waals surface area (Å²) < 4.78 is 11.8. The van der Waals surface area contributed by atoms with Crippen molar-refractivity contribution in [3.63, 3.8) is 0 Å². The highest BCUT2D eigenvalue weighted by atomic mass is 19.2. The lowest BCUT2D eigenvalue weighted by Gasteiger charge is -1.82. The molecule has 0 unspecified atom stereocenters. The summed E-state index contributed by atoms with van der Waals surface area (Å²) in [5, 5.41) is 3.02. The third-order valence-corrected chi connectivity index (χ3v) is 0.675. The van der Waals surface area contributed by atoms with Gasteiger partial charge in [-0.1, -0.05) is 9.39 Å². The standard InChI is InChI=1S/C4H3FN2O/c5-7-4(8)2-1-3-6-7/h1-3H. The van der Waals surface area contributed by atoms with Crippen LogP contribution in [0, 0.1) is 0 Å². The molecule has 0 N–H and O–H groups in total. The van der Waals surface area contributed by atoms with Crippen LogP contribution in [0.4, 0.5) is 4.48 Å². The van der Waals surface area contributed by atoms with Crippen molar-refractivity contribution in [2.24, 2.45) is 0 Å². The Hall–Kier alpha value is -1.19. The lowest BCUT2D eigenvalue weighted by atomic mass is 10.6. The zero-order valence-corrected chi connectivity index (χ0v) is 3.91. The summed E-state index contributed by atoms with van der Waals surface area (Å²) in [6.45, 7) is 0. The fraction of sp³-hybridized carbons (Fsp3) is 0. The molecule has 1 aromatic rings. The highest BCUT2D eigenvalue weighted by Gasteiger charge is 1.85. The van der Waals surface area contributed by atoms with Crippen molar-refractivity contribution in [3.8, 4) is 0 Å². The molecular weight excluding hydrogens is 111 g/mol. The number of halogens is 1. The van der Waals surface area contributed by atoms with E-state index in [4.69, 9.17) is 0 Å². The van der Waals surface area contributed by atoms with Gasteiger partial charge in [0.05, 0.1) is 6.20 Å². The molecule has 0 atom stereocenters. The molecule has 1 rings (SSSR count). The third kappa shape index (κ3) is 0.726. The molecule has 8 heavy (non-hydrogen) atoms. The summed E-state index contributed by atoms with van der Waals surface area (Å²) in [6.07, 6.45) is 1.20. The van der Waals surface area contributed by atoms with E-state index in [1.807, 2.05) is 0 Å². The number of aromatic nitrogens is 2. The predicted octanol–water partition coefficient (Wildman–Crippen LogP) is -0.0241. The second-order valence-electron chi connectivity index (χ2n) is 1.22. The monoisotopic (exact) mass is 114 g/mol. The third-order valence-electron chi connectivity index (χ3n) is 0.675. The quantitative estimate of drug-likeness (QED) is 0.475. The van der Waals surface area contributed by atoms with Crippen LogP contribution in [0.25, 0.3) is 0 Å². The second-order valence-corrected chi connectivity index (χ2v) is 1.22. The molecule has 0 fully saturated rings. The molecule has 0 aliphatic rings. The Labute approximate surface area is 44.3 Å². The lowest BCUT2D eigenvalue weighted by Crippen LogP contribution is -2.13. The van der Waals surface area contributed by atoms with Gasteiger partial charge in [0, 0.05) is 6.07 Å². The highest BCUT2D eigenvalue weighted by Crippen LogP contribution is 1.70. The average Bonchev–Trinajstić information content (AvgIpc) is 1.77. The molecule has 0 amide bonds. The van der Waals surface area contributed by atoms with Gasteiger partial charge in [-0.3, -0.25) is 4.79 Å². The van der Waals surface area contributed by atoms with Gasteiger partial charge < -0.3 is 0 Å². The van der Waals surface area contributed by atoms with E-state index in [2.05, 4.69) is 5.10 Å². The topological polar surface area (TPSA) is 34.9 Å². The molecule has 0 radical (unpaired) electrons. The Morgan fingerprint density at radius 1 is 1.75 bits per heavy atom. The first kappa shape index (κ1) is 4.96. The van der Waals surface area contributed by atoms with Crippen LogP contribution in [-0.2, 0) is 0 Å². The fourth-order valence-corrected chi connectivity index (χ4v) is 0.341. The van der Waals surface area contributed by atoms with E-state index >= 15 is 0 Å². The molecule has 0 spiro atoms. The summed E-state index contributed by atoms with van der Waals surface area (Å²) in [5.74, 6) is 0. The van der Waals surface area contributed by atoms with Crippen LogP contribution >= 0.6 is 0 Å². The molecule has 3 nitrogen and oxygen atoms in total. The van der Waals surface area contributed by atoms with E-state index in [-0.39, 0.29) is 4.90 Å². The van der Waals surface area contributed by atoms with Crippen molar-refractivity contribution in [2.75, 3.05) is 0 Å². The summed E-state index contributed by atoms with van der Waals surface area (Å²) in [6, 6.07) is 2.46. The van der Waals surface area contributed by atoms with Gasteiger partial charge in [-0.2, -0.15) is 0 Å². The maximum Gasteiger partial charge on any atom is 0.297 e. The van der Waals surface area contributed by atoms with Crippen LogP contribution in [0.15, 0.2) is 23.1 Å². The number of hydrogen-bond donors (Lipinski definition) is 0. The summed E-state index contributed by atoms with van der Waals surface area (Å²) in [7, 11) is 0. The maximum atomic E-state index is 11.8. The first-order valence-corrected chi connectivity index (χ1v) is 2.01. The van der Waals surface area contributed by atoms with Crippen LogP contribution in [-0.4, -0.2) is 10.0 Å². The van der Waals surface area contributed by atoms with Crippen LogP contribution in [0.3, 0.4) is 0 Å². The Balaban J connectivity index is 3.35. The molecule has 1 heterocycles. The van der Waals surface area contributed by atoms with E-state index in [1.165, 1.54) is 12.3 Å². The van der Waals surface area contributed by atoms with E-state index in [0.717, 1.165) is 6.07 Å². The summed E-state index contributed by atoms with van der Waals surface area (Å²) in [4.78, 5) is 9.92. The van der Waals surface area contributed by atoms with Gasteiger partial charge in [0.2, 0.25) is 0 Å². The minimum atomic E-state index is -0.743. The maximum absolute atomic E-state index is 11.8. The summed E-state index contributed by atoms with van der Waals surface area (Å²) in [5.41, 5.74) is -0.743. The van der Waals surface area contributed by atoms with Gasteiger partial charge in [0.1, 0.15) is 0 Å². The molecule has 0 aliphatic heterocycles. The molecule has 4 heteroatoms. The van der Waals surface area contributed by atoms with E-state index in [1.54, 1.807) is 0 Å². The lowest BCUT2D eigenvalue weighted by molar-refractivity contribution is 0.295. The van der Waals surface area contributed by atoms with Crippen molar-refractivity contribution in [3.05, 3.63) is 28.7 Å². The van der Waals surface area contributed by atoms with Crippen LogP contribution in [0.2, 0.25) is 0 Å². The van der Waals surface area contributed by atoms with Gasteiger partial charge >= 0.3 is 0 Å². The minimum absolute atomic E-state index is 0.222. The summed E-state index contributed by atoms with van der Waals surface area (Å²) >= 11 is 0. The number of rotatable bonds is 0. The normalized spacial score (nSPS) is 9.12. The molecule has 42 valence electrons. The van der Waals surface area contributed by atoms with Gasteiger partial charge in [-0.15, -0.1) is 5.10 Å². The van der Waals surface area contributed by atoms with Crippen molar-refractivity contribution in [1.82, 2.24) is 10.0 Å². The average molecular weight is 114 g/mol. The second kappa shape index (κ2) is 1.73. The number of hydrogen-bond acceptors (Lipinski definition) is 2. The van der Waals surface area contributed by atoms with Gasteiger partial charge in [0.15, 0.2) is 0 Å². The zero-order chi connectivity index (χ0) is 5.98. The Bertz CT molecular complexity index is 231. The fourth-order valence-electron chi connectivity index (χ4n) is 0.341. The smallest absolute Gasteiger partial charge is 0.265 e. The molecule has 0 saturated carbocycles. The van der Waals surface area contributed by atoms with Crippen LogP contribution < -0.4 is 5.56 Å². The van der Waals surface area contributed by atoms with Crippen molar-refractivity contribution < 1.29 is 4.48 Å². The molecular formula is C4H3FN2O. The molecule has 1 aromatic heterocycles. The molecule has 0 bridgehead atoms. The van der Waals surface area contributed by atoms with E-state index in [9.17, 15) is 9.28 Å². The Kier molecular flexibility index (Phi) is 1.07. The van der Waals surface area contributed by atoms with Crippen LogP contribution in [0.1, 0.15) is 0 Å². The Morgan fingerprint density at radius 2 is 2.50 bits per heavy atom. The van der Waals surface area contributed by atoms with E-state index in [0.29, 0.717) is 0 Å². The molecule has 0 aliphatic carbocycles. The van der Waals surface area contributed by atoms with Gasteiger partial charge in [0.25, 0.3) is 5.56 Å². The highest BCUT2D eigenvalue weighted by molar-refractivity contribution is 4.82. The first-order chi connectivity index (χ1) is 3.80. The molecule has 0 saturated heterocycles. The molecule has 0 aromatic carbocycles. The van der Waals surface area contributed by atoms with Crippen molar-refractivity contribution in [2.45, 2.75) is 0 Å². The SMILES string of the molecule is O=c1cccnn1F.